The minimum atomic E-state index is -4.83. The first-order chi connectivity index (χ1) is 15.4. The maximum atomic E-state index is 13.6. The second-order valence-corrected chi connectivity index (χ2v) is 9.37. The lowest BCUT2D eigenvalue weighted by molar-refractivity contribution is -0.391. The lowest BCUT2D eigenvalue weighted by Gasteiger charge is -2.31. The monoisotopic (exact) mass is 545 g/mol. The van der Waals surface area contributed by atoms with E-state index in [-0.39, 0.29) is 10.5 Å². The van der Waals surface area contributed by atoms with E-state index in [0.29, 0.717) is 6.54 Å². The van der Waals surface area contributed by atoms with Crippen LogP contribution in [0.25, 0.3) is 5.69 Å². The fourth-order valence-electron chi connectivity index (χ4n) is 3.02. The third kappa shape index (κ3) is 4.76. The molecule has 3 aromatic rings. The van der Waals surface area contributed by atoms with E-state index < -0.39 is 29.7 Å². The molecule has 0 N–H and O–H groups in total. The minimum Gasteiger partial charge on any atom is -0.421 e. The zero-order valence-electron chi connectivity index (χ0n) is 17.2. The van der Waals surface area contributed by atoms with Gasteiger partial charge in [0.25, 0.3) is 0 Å². The molecule has 0 radical (unpaired) electrons. The van der Waals surface area contributed by atoms with Gasteiger partial charge in [-0.15, -0.1) is 11.3 Å². The Balaban J connectivity index is 1.63. The van der Waals surface area contributed by atoms with E-state index in [2.05, 4.69) is 30.4 Å². The van der Waals surface area contributed by atoms with Crippen molar-refractivity contribution < 1.29 is 31.8 Å². The van der Waals surface area contributed by atoms with Crippen LogP contribution < -0.4 is 14.3 Å². The highest BCUT2D eigenvalue weighted by atomic mass is 79.9. The Morgan fingerprint density at radius 2 is 1.73 bits per heavy atom. The third-order valence-corrected chi connectivity index (χ3v) is 6.07. The molecule has 33 heavy (non-hydrogen) atoms. The summed E-state index contributed by atoms with van der Waals surface area (Å²) >= 11 is 4.56. The summed E-state index contributed by atoms with van der Waals surface area (Å²) in [4.78, 5) is 19.3. The van der Waals surface area contributed by atoms with Gasteiger partial charge in [0.15, 0.2) is 16.3 Å². The van der Waals surface area contributed by atoms with Crippen LogP contribution in [-0.2, 0) is 6.54 Å². The summed E-state index contributed by atoms with van der Waals surface area (Å²) < 4.78 is 64.6. The second-order valence-electron chi connectivity index (χ2n) is 7.24. The second kappa shape index (κ2) is 8.49. The molecular weight excluding hydrogens is 530 g/mol. The van der Waals surface area contributed by atoms with Crippen LogP contribution in [0.1, 0.15) is 10.4 Å². The van der Waals surface area contributed by atoms with Gasteiger partial charge in [-0.05, 0) is 36.8 Å². The smallest absolute Gasteiger partial charge is 0.421 e. The average molecular weight is 546 g/mol. The molecule has 174 valence electrons. The van der Waals surface area contributed by atoms with Crippen molar-refractivity contribution in [2.24, 2.45) is 4.99 Å². The van der Waals surface area contributed by atoms with Gasteiger partial charge in [0.05, 0.1) is 5.69 Å². The third-order valence-electron chi connectivity index (χ3n) is 4.64. The molecule has 1 aliphatic rings. The SMILES string of the molecule is Cc1cn(-c2ccc3c(c2)OC(F)(F)C(F)(F)O3)c(=NC(=O)N(C)Cc2ccc(Br)cc2)s1. The Kier molecular flexibility index (Phi) is 5.99. The van der Waals surface area contributed by atoms with Crippen molar-refractivity contribution in [3.63, 3.8) is 0 Å². The molecule has 0 bridgehead atoms. The highest BCUT2D eigenvalue weighted by molar-refractivity contribution is 9.10. The van der Waals surface area contributed by atoms with Gasteiger partial charge in [0.1, 0.15) is 0 Å². The number of nitrogens with zero attached hydrogens (tertiary/aromatic N) is 3. The summed E-state index contributed by atoms with van der Waals surface area (Å²) in [5.41, 5.74) is 1.19. The molecule has 1 aliphatic heterocycles. The number of carbonyl (C=O) groups is 1. The Labute approximate surface area is 197 Å². The number of hydrogen-bond donors (Lipinski definition) is 0. The van der Waals surface area contributed by atoms with Crippen LogP contribution >= 0.6 is 27.3 Å². The minimum absolute atomic E-state index is 0.272. The fourth-order valence-corrected chi connectivity index (χ4v) is 4.11. The molecular formula is C21H16BrF4N3O3S. The van der Waals surface area contributed by atoms with Gasteiger partial charge in [0, 0.05) is 35.2 Å². The number of alkyl halides is 4. The number of thiazole rings is 1. The normalized spacial score (nSPS) is 16.5. The molecule has 0 spiro atoms. The largest absolute Gasteiger partial charge is 0.507 e. The first kappa shape index (κ1) is 23.3. The maximum absolute atomic E-state index is 13.6. The van der Waals surface area contributed by atoms with Crippen LogP contribution in [0.4, 0.5) is 22.4 Å². The molecule has 0 saturated carbocycles. The van der Waals surface area contributed by atoms with E-state index >= 15 is 0 Å². The summed E-state index contributed by atoms with van der Waals surface area (Å²) in [5, 5.41) is 0. The number of benzene rings is 2. The number of urea groups is 1. The molecule has 2 amide bonds. The summed E-state index contributed by atoms with van der Waals surface area (Å²) in [6.45, 7) is 2.11. The molecule has 0 fully saturated rings. The quantitative estimate of drug-likeness (QED) is 0.395. The topological polar surface area (TPSA) is 56.1 Å². The average Bonchev–Trinajstić information content (AvgIpc) is 3.09. The van der Waals surface area contributed by atoms with E-state index in [9.17, 15) is 22.4 Å². The zero-order valence-corrected chi connectivity index (χ0v) is 19.6. The number of carbonyl (C=O) groups excluding carboxylic acids is 1. The molecule has 2 aromatic carbocycles. The van der Waals surface area contributed by atoms with Crippen LogP contribution in [0, 0.1) is 6.92 Å². The number of hydrogen-bond acceptors (Lipinski definition) is 4. The van der Waals surface area contributed by atoms with Gasteiger partial charge in [-0.1, -0.05) is 28.1 Å². The number of halogens is 5. The van der Waals surface area contributed by atoms with Gasteiger partial charge < -0.3 is 14.4 Å². The maximum Gasteiger partial charge on any atom is 0.507 e. The summed E-state index contributed by atoms with van der Waals surface area (Å²) in [6, 6.07) is 10.6. The van der Waals surface area contributed by atoms with Gasteiger partial charge in [-0.2, -0.15) is 22.6 Å². The molecule has 1 aromatic heterocycles. The molecule has 2 heterocycles. The zero-order chi connectivity index (χ0) is 24.0. The van der Waals surface area contributed by atoms with Crippen molar-refractivity contribution in [1.82, 2.24) is 9.47 Å². The first-order valence-corrected chi connectivity index (χ1v) is 11.1. The standard InChI is InChI=1S/C21H16BrF4N3O3S/c1-12-10-29(15-7-8-16-17(9-15)32-21(25,26)20(23,24)31-16)19(33-12)27-18(30)28(2)11-13-3-5-14(22)6-4-13/h3-10H,11H2,1-2H3. The molecule has 0 unspecified atom stereocenters. The van der Waals surface area contributed by atoms with Crippen LogP contribution in [0.5, 0.6) is 11.5 Å². The molecule has 12 heteroatoms. The lowest BCUT2D eigenvalue weighted by Crippen LogP contribution is -2.52. The summed E-state index contributed by atoms with van der Waals surface area (Å²) in [6.07, 6.45) is -7.98. The number of aryl methyl sites for hydroxylation is 1. The highest BCUT2D eigenvalue weighted by Crippen LogP contribution is 2.47. The number of aromatic nitrogens is 1. The predicted octanol–water partition coefficient (Wildman–Crippen LogP) is 5.72. The number of rotatable bonds is 3. The van der Waals surface area contributed by atoms with Crippen LogP contribution in [0.2, 0.25) is 0 Å². The van der Waals surface area contributed by atoms with Crippen LogP contribution in [-0.4, -0.2) is 34.8 Å². The number of fused-ring (bicyclic) bond motifs is 1. The molecule has 0 atom stereocenters. The van der Waals surface area contributed by atoms with E-state index in [4.69, 9.17) is 0 Å². The van der Waals surface area contributed by atoms with Gasteiger partial charge in [-0.25, -0.2) is 4.79 Å². The molecule has 4 rings (SSSR count). The Bertz CT molecular complexity index is 1270. The van der Waals surface area contributed by atoms with Crippen molar-refractivity contribution in [3.8, 4) is 17.2 Å². The van der Waals surface area contributed by atoms with Gasteiger partial charge in [-0.3, -0.25) is 4.57 Å². The molecule has 6 nitrogen and oxygen atoms in total. The van der Waals surface area contributed by atoms with E-state index in [1.165, 1.54) is 26.9 Å². The van der Waals surface area contributed by atoms with Crippen molar-refractivity contribution in [2.75, 3.05) is 7.05 Å². The Morgan fingerprint density at radius 3 is 2.39 bits per heavy atom. The van der Waals surface area contributed by atoms with Crippen LogP contribution in [0.15, 0.2) is 58.1 Å². The van der Waals surface area contributed by atoms with Gasteiger partial charge in [0.2, 0.25) is 0 Å². The fraction of sp³-hybridized carbons (Fsp3) is 0.238. The number of amides is 2. The highest BCUT2D eigenvalue weighted by Gasteiger charge is 2.65. The van der Waals surface area contributed by atoms with E-state index in [0.717, 1.165) is 27.0 Å². The summed E-state index contributed by atoms with van der Waals surface area (Å²) in [7, 11) is 1.60. The van der Waals surface area contributed by atoms with E-state index in [1.807, 2.05) is 24.3 Å². The Morgan fingerprint density at radius 1 is 1.09 bits per heavy atom. The number of ether oxygens (including phenoxy) is 2. The Hall–Kier alpha value is -2.86. The summed E-state index contributed by atoms with van der Waals surface area (Å²) in [5.74, 6) is -1.07. The van der Waals surface area contributed by atoms with Crippen LogP contribution in [0.3, 0.4) is 0 Å². The molecule has 0 saturated heterocycles. The van der Waals surface area contributed by atoms with Crippen molar-refractivity contribution in [2.45, 2.75) is 25.7 Å². The van der Waals surface area contributed by atoms with Crippen molar-refractivity contribution in [3.05, 3.63) is 68.4 Å². The predicted molar refractivity (Wildman–Crippen MR) is 116 cm³/mol. The van der Waals surface area contributed by atoms with Crippen molar-refractivity contribution >= 4 is 33.3 Å². The van der Waals surface area contributed by atoms with E-state index in [1.54, 1.807) is 20.2 Å². The van der Waals surface area contributed by atoms with Gasteiger partial charge >= 0.3 is 18.2 Å². The first-order valence-electron chi connectivity index (χ1n) is 9.47. The lowest BCUT2D eigenvalue weighted by atomic mass is 10.2. The van der Waals surface area contributed by atoms with Crippen molar-refractivity contribution in [1.29, 1.82) is 0 Å². The molecule has 0 aliphatic carbocycles.